The molecule has 2 aromatic rings. The van der Waals surface area contributed by atoms with Crippen molar-refractivity contribution < 1.29 is 13.2 Å². The van der Waals surface area contributed by atoms with E-state index >= 15 is 0 Å². The molecule has 0 amide bonds. The molecule has 0 aliphatic carbocycles. The zero-order valence-corrected chi connectivity index (χ0v) is 20.0. The lowest BCUT2D eigenvalue weighted by molar-refractivity contribution is -0.138. The van der Waals surface area contributed by atoms with E-state index in [1.807, 2.05) is 25.1 Å². The molecule has 7 heteroatoms. The van der Waals surface area contributed by atoms with Gasteiger partial charge in [0.05, 0.1) is 11.3 Å². The Morgan fingerprint density at radius 1 is 1.24 bits per heavy atom. The minimum atomic E-state index is -4.38. The third-order valence-electron chi connectivity index (χ3n) is 7.37. The molecule has 1 atom stereocenters. The maximum absolute atomic E-state index is 13.6. The summed E-state index contributed by atoms with van der Waals surface area (Å²) in [4.78, 5) is 6.60. The number of nitrogens with zero attached hydrogens (tertiary/aromatic N) is 2. The van der Waals surface area contributed by atoms with Crippen LogP contribution in [0.1, 0.15) is 67.8 Å². The van der Waals surface area contributed by atoms with E-state index in [1.165, 1.54) is 11.6 Å². The first kappa shape index (κ1) is 24.1. The van der Waals surface area contributed by atoms with E-state index in [4.69, 9.17) is 11.6 Å². The fourth-order valence-electron chi connectivity index (χ4n) is 5.17. The van der Waals surface area contributed by atoms with Gasteiger partial charge in [-0.2, -0.15) is 13.2 Å². The molecule has 1 fully saturated rings. The predicted molar refractivity (Wildman–Crippen MR) is 128 cm³/mol. The number of anilines is 1. The van der Waals surface area contributed by atoms with Crippen LogP contribution < -0.4 is 5.32 Å². The number of pyridine rings is 1. The highest BCUT2D eigenvalue weighted by molar-refractivity contribution is 6.30. The van der Waals surface area contributed by atoms with Gasteiger partial charge in [-0.1, -0.05) is 32.0 Å². The lowest BCUT2D eigenvalue weighted by Gasteiger charge is -2.40. The summed E-state index contributed by atoms with van der Waals surface area (Å²) in [6, 6.07) is 7.25. The maximum Gasteiger partial charge on any atom is 0.418 e. The zero-order chi connectivity index (χ0) is 23.8. The van der Waals surface area contributed by atoms with Gasteiger partial charge in [-0.05, 0) is 93.0 Å². The number of benzene rings is 1. The summed E-state index contributed by atoms with van der Waals surface area (Å²) in [7, 11) is 0. The smallest absolute Gasteiger partial charge is 0.358 e. The highest BCUT2D eigenvalue weighted by atomic mass is 35.5. The van der Waals surface area contributed by atoms with E-state index in [1.54, 1.807) is 13.1 Å². The third kappa shape index (κ3) is 4.78. The molecule has 33 heavy (non-hydrogen) atoms. The second-order valence-electron chi connectivity index (χ2n) is 9.40. The first-order valence-corrected chi connectivity index (χ1v) is 12.1. The maximum atomic E-state index is 13.6. The van der Waals surface area contributed by atoms with Crippen molar-refractivity contribution >= 4 is 17.3 Å². The quantitative estimate of drug-likeness (QED) is 0.478. The summed E-state index contributed by atoms with van der Waals surface area (Å²) >= 11 is 6.26. The van der Waals surface area contributed by atoms with Gasteiger partial charge in [0, 0.05) is 28.0 Å². The molecule has 4 rings (SSSR count). The summed E-state index contributed by atoms with van der Waals surface area (Å²) in [5.74, 6) is -0.212. The highest BCUT2D eigenvalue weighted by Gasteiger charge is 2.44. The number of piperidine rings is 1. The van der Waals surface area contributed by atoms with E-state index < -0.39 is 11.7 Å². The Labute approximate surface area is 199 Å². The van der Waals surface area contributed by atoms with Gasteiger partial charge in [0.1, 0.15) is 0 Å². The molecular weight excluding hydrogens is 447 g/mol. The predicted octanol–water partition coefficient (Wildman–Crippen LogP) is 7.17. The monoisotopic (exact) mass is 477 g/mol. The number of likely N-dealkylation sites (tertiary alicyclic amines) is 1. The number of hydrogen-bond acceptors (Lipinski definition) is 3. The van der Waals surface area contributed by atoms with E-state index in [0.717, 1.165) is 55.3 Å². The van der Waals surface area contributed by atoms with Crippen LogP contribution in [0.4, 0.5) is 18.9 Å². The molecule has 1 aromatic heterocycles. The van der Waals surface area contributed by atoms with E-state index in [9.17, 15) is 13.2 Å². The molecule has 2 aliphatic heterocycles. The minimum Gasteiger partial charge on any atom is -0.358 e. The second-order valence-corrected chi connectivity index (χ2v) is 9.84. The number of aromatic nitrogens is 1. The van der Waals surface area contributed by atoms with Crippen LogP contribution in [0.3, 0.4) is 0 Å². The van der Waals surface area contributed by atoms with Gasteiger partial charge >= 0.3 is 6.18 Å². The van der Waals surface area contributed by atoms with E-state index in [-0.39, 0.29) is 17.0 Å². The molecule has 1 saturated heterocycles. The van der Waals surface area contributed by atoms with Gasteiger partial charge in [0.15, 0.2) is 0 Å². The van der Waals surface area contributed by atoms with Gasteiger partial charge in [-0.25, -0.2) is 0 Å². The van der Waals surface area contributed by atoms with Crippen molar-refractivity contribution in [1.29, 1.82) is 0 Å². The fraction of sp³-hybridized carbons (Fsp3) is 0.500. The number of fused-ring (bicyclic) bond motifs is 2. The molecule has 1 aromatic carbocycles. The molecular formula is C26H31ClF3N3. The Morgan fingerprint density at radius 2 is 1.97 bits per heavy atom. The summed E-state index contributed by atoms with van der Waals surface area (Å²) in [6.07, 6.45) is 1.17. The number of hydrogen-bond donors (Lipinski definition) is 1. The van der Waals surface area contributed by atoms with Crippen LogP contribution in [0.15, 0.2) is 42.7 Å². The standard InChI is InChI=1S/C26H31ClF3N3/c1-4-17(2)24-22(26(28,29)30)14-19(16-31-24)6-5-11-33-12-9-25(10-13-33)18(3)32-23-8-7-20(27)15-21(23)25/h7-8,14-17,32H,3-6,9-13H2,1-2H3. The van der Waals surface area contributed by atoms with Crippen LogP contribution in [0.5, 0.6) is 0 Å². The fourth-order valence-corrected chi connectivity index (χ4v) is 5.34. The van der Waals surface area contributed by atoms with Crippen molar-refractivity contribution in [3.8, 4) is 0 Å². The molecule has 1 N–H and O–H groups in total. The SMILES string of the molecule is C=C1Nc2ccc(Cl)cc2C12CCN(CCCc1cnc(C(C)CC)c(C(F)(F)F)c1)CC2. The van der Waals surface area contributed by atoms with Crippen LogP contribution in [-0.4, -0.2) is 29.5 Å². The van der Waals surface area contributed by atoms with Crippen molar-refractivity contribution in [2.45, 2.75) is 63.5 Å². The minimum absolute atomic E-state index is 0.0892. The lowest BCUT2D eigenvalue weighted by atomic mass is 9.72. The normalized spacial score (nSPS) is 18.9. The topological polar surface area (TPSA) is 28.2 Å². The Bertz CT molecular complexity index is 1030. The number of aryl methyl sites for hydroxylation is 1. The van der Waals surface area contributed by atoms with E-state index in [2.05, 4.69) is 21.8 Å². The van der Waals surface area contributed by atoms with Gasteiger partial charge in [0.25, 0.3) is 0 Å². The molecule has 2 aliphatic rings. The average molecular weight is 478 g/mol. The molecule has 0 radical (unpaired) electrons. The molecule has 1 unspecified atom stereocenters. The number of allylic oxidation sites excluding steroid dienone is 1. The number of halogens is 4. The van der Waals surface area contributed by atoms with Crippen LogP contribution in [0.2, 0.25) is 5.02 Å². The summed E-state index contributed by atoms with van der Waals surface area (Å²) in [5.41, 5.74) is 3.48. The number of alkyl halides is 3. The Hall–Kier alpha value is -2.05. The largest absolute Gasteiger partial charge is 0.418 e. The van der Waals surface area contributed by atoms with Crippen molar-refractivity contribution in [3.05, 3.63) is 70.1 Å². The van der Waals surface area contributed by atoms with Crippen LogP contribution in [-0.2, 0) is 18.0 Å². The van der Waals surface area contributed by atoms with Crippen LogP contribution in [0.25, 0.3) is 0 Å². The Kier molecular flexibility index (Phi) is 6.79. The Balaban J connectivity index is 1.36. The third-order valence-corrected chi connectivity index (χ3v) is 7.60. The van der Waals surface area contributed by atoms with Crippen molar-refractivity contribution in [2.75, 3.05) is 25.0 Å². The number of nitrogens with one attached hydrogen (secondary N) is 1. The average Bonchev–Trinajstić information content (AvgIpc) is 3.04. The number of rotatable bonds is 6. The van der Waals surface area contributed by atoms with Gasteiger partial charge in [-0.3, -0.25) is 4.98 Å². The van der Waals surface area contributed by atoms with Gasteiger partial charge in [0.2, 0.25) is 0 Å². The zero-order valence-electron chi connectivity index (χ0n) is 19.2. The second kappa shape index (κ2) is 9.30. The molecule has 0 saturated carbocycles. The summed E-state index contributed by atoms with van der Waals surface area (Å²) in [5, 5.41) is 4.16. The van der Waals surface area contributed by atoms with Gasteiger partial charge in [-0.15, -0.1) is 0 Å². The first-order chi connectivity index (χ1) is 15.6. The van der Waals surface area contributed by atoms with Crippen molar-refractivity contribution in [3.63, 3.8) is 0 Å². The molecule has 3 nitrogen and oxygen atoms in total. The lowest BCUT2D eigenvalue weighted by Crippen LogP contribution is -2.43. The molecule has 1 spiro atoms. The first-order valence-electron chi connectivity index (χ1n) is 11.7. The summed E-state index contributed by atoms with van der Waals surface area (Å²) < 4.78 is 40.7. The highest BCUT2D eigenvalue weighted by Crippen LogP contribution is 2.50. The Morgan fingerprint density at radius 3 is 2.64 bits per heavy atom. The van der Waals surface area contributed by atoms with Crippen LogP contribution in [0, 0.1) is 0 Å². The molecule has 3 heterocycles. The van der Waals surface area contributed by atoms with Crippen molar-refractivity contribution in [1.82, 2.24) is 9.88 Å². The molecule has 178 valence electrons. The van der Waals surface area contributed by atoms with E-state index in [0.29, 0.717) is 18.4 Å². The van der Waals surface area contributed by atoms with Crippen molar-refractivity contribution in [2.24, 2.45) is 0 Å². The molecule has 0 bridgehead atoms. The van der Waals surface area contributed by atoms with Gasteiger partial charge < -0.3 is 10.2 Å². The van der Waals surface area contributed by atoms with Crippen LogP contribution >= 0.6 is 11.6 Å². The summed E-state index contributed by atoms with van der Waals surface area (Å²) in [6.45, 7) is 10.7.